The van der Waals surface area contributed by atoms with Crippen LogP contribution in [0.2, 0.25) is 0 Å². The minimum absolute atomic E-state index is 0.480. The maximum Gasteiger partial charge on any atom is 0.0468 e. The zero-order valence-corrected chi connectivity index (χ0v) is 12.7. The van der Waals surface area contributed by atoms with Crippen molar-refractivity contribution >= 4 is 0 Å². The summed E-state index contributed by atoms with van der Waals surface area (Å²) in [6.45, 7) is 12.7. The van der Waals surface area contributed by atoms with Gasteiger partial charge in [0.15, 0.2) is 0 Å². The van der Waals surface area contributed by atoms with Gasteiger partial charge in [0.25, 0.3) is 0 Å². The second-order valence-electron chi connectivity index (χ2n) is 7.38. The summed E-state index contributed by atoms with van der Waals surface area (Å²) in [6.07, 6.45) is 6.69. The van der Waals surface area contributed by atoms with Gasteiger partial charge in [-0.2, -0.15) is 0 Å². The first-order valence-electron chi connectivity index (χ1n) is 7.77. The van der Waals surface area contributed by atoms with Gasteiger partial charge in [0.05, 0.1) is 0 Å². The van der Waals surface area contributed by atoms with E-state index in [0.717, 1.165) is 19.1 Å². The third kappa shape index (κ3) is 2.91. The highest BCUT2D eigenvalue weighted by Gasteiger charge is 2.64. The molecular formula is C16H31NO. The van der Waals surface area contributed by atoms with Crippen LogP contribution in [0.4, 0.5) is 0 Å². The molecule has 0 unspecified atom stereocenters. The predicted molar refractivity (Wildman–Crippen MR) is 76.7 cm³/mol. The first-order valence-corrected chi connectivity index (χ1v) is 7.77. The Morgan fingerprint density at radius 3 is 2.17 bits per heavy atom. The maximum absolute atomic E-state index is 5.40. The molecule has 1 saturated carbocycles. The van der Waals surface area contributed by atoms with Crippen LogP contribution in [0, 0.1) is 16.7 Å². The van der Waals surface area contributed by atoms with Gasteiger partial charge >= 0.3 is 0 Å². The lowest BCUT2D eigenvalue weighted by Crippen LogP contribution is -2.23. The van der Waals surface area contributed by atoms with E-state index in [1.54, 1.807) is 0 Å². The van der Waals surface area contributed by atoms with E-state index in [0.29, 0.717) is 16.9 Å². The van der Waals surface area contributed by atoms with Gasteiger partial charge in [-0.25, -0.2) is 0 Å². The molecular weight excluding hydrogens is 222 g/mol. The molecule has 2 fully saturated rings. The average Bonchev–Trinajstić information content (AvgIpc) is 2.72. The summed E-state index contributed by atoms with van der Waals surface area (Å²) < 4.78 is 5.40. The fraction of sp³-hybridized carbons (Fsp3) is 1.00. The van der Waals surface area contributed by atoms with E-state index in [9.17, 15) is 0 Å². The third-order valence-corrected chi connectivity index (χ3v) is 5.75. The van der Waals surface area contributed by atoms with Crippen LogP contribution in [0.1, 0.15) is 59.8 Å². The normalized spacial score (nSPS) is 27.3. The Kier molecular flexibility index (Phi) is 4.38. The zero-order chi connectivity index (χ0) is 13.2. The Morgan fingerprint density at radius 1 is 1.00 bits per heavy atom. The molecule has 0 spiro atoms. The molecule has 1 aliphatic heterocycles. The van der Waals surface area contributed by atoms with Crippen LogP contribution in [-0.2, 0) is 4.74 Å². The standard InChI is InChI=1S/C16H31NO/c1-15(2)14(16(15,3)4)17-10-6-5-7-13-8-11-18-12-9-13/h13-14,17H,5-12H2,1-4H3. The Hall–Kier alpha value is -0.0800. The van der Waals surface area contributed by atoms with Gasteiger partial charge in [-0.15, -0.1) is 0 Å². The Balaban J connectivity index is 1.52. The van der Waals surface area contributed by atoms with E-state index < -0.39 is 0 Å². The lowest BCUT2D eigenvalue weighted by molar-refractivity contribution is 0.0631. The van der Waals surface area contributed by atoms with Crippen LogP contribution < -0.4 is 5.32 Å². The molecule has 0 radical (unpaired) electrons. The topological polar surface area (TPSA) is 21.3 Å². The lowest BCUT2D eigenvalue weighted by Gasteiger charge is -2.21. The highest BCUT2D eigenvalue weighted by molar-refractivity contribution is 5.17. The monoisotopic (exact) mass is 253 g/mol. The molecule has 106 valence electrons. The van der Waals surface area contributed by atoms with Crippen molar-refractivity contribution in [2.75, 3.05) is 19.8 Å². The molecule has 1 aliphatic carbocycles. The molecule has 1 N–H and O–H groups in total. The van der Waals surface area contributed by atoms with Gasteiger partial charge in [-0.1, -0.05) is 40.5 Å². The van der Waals surface area contributed by atoms with Crippen LogP contribution in [0.15, 0.2) is 0 Å². The molecule has 0 aromatic heterocycles. The SMILES string of the molecule is CC1(C)C(NCCCCC2CCOCC2)C1(C)C. The third-order valence-electron chi connectivity index (χ3n) is 5.75. The average molecular weight is 253 g/mol. The Bertz CT molecular complexity index is 252. The highest BCUT2D eigenvalue weighted by Crippen LogP contribution is 2.62. The van der Waals surface area contributed by atoms with E-state index in [1.165, 1.54) is 38.6 Å². The number of hydrogen-bond donors (Lipinski definition) is 1. The smallest absolute Gasteiger partial charge is 0.0468 e. The molecule has 1 heterocycles. The minimum atomic E-state index is 0.480. The van der Waals surface area contributed by atoms with Gasteiger partial charge in [-0.3, -0.25) is 0 Å². The molecule has 2 nitrogen and oxygen atoms in total. The van der Waals surface area contributed by atoms with Crippen molar-refractivity contribution in [3.05, 3.63) is 0 Å². The first-order chi connectivity index (χ1) is 8.46. The summed E-state index contributed by atoms with van der Waals surface area (Å²) in [4.78, 5) is 0. The summed E-state index contributed by atoms with van der Waals surface area (Å²) in [5.41, 5.74) is 0.960. The van der Waals surface area contributed by atoms with Crippen LogP contribution in [0.5, 0.6) is 0 Å². The number of unbranched alkanes of at least 4 members (excludes halogenated alkanes) is 1. The maximum atomic E-state index is 5.40. The fourth-order valence-corrected chi connectivity index (χ4v) is 3.55. The van der Waals surface area contributed by atoms with Crippen LogP contribution in [0.3, 0.4) is 0 Å². The number of ether oxygens (including phenoxy) is 1. The van der Waals surface area contributed by atoms with Crippen LogP contribution in [-0.4, -0.2) is 25.8 Å². The lowest BCUT2D eigenvalue weighted by atomic mass is 9.94. The van der Waals surface area contributed by atoms with Crippen molar-refractivity contribution in [1.29, 1.82) is 0 Å². The highest BCUT2D eigenvalue weighted by atomic mass is 16.5. The largest absolute Gasteiger partial charge is 0.381 e. The number of hydrogen-bond acceptors (Lipinski definition) is 2. The first kappa shape index (κ1) is 14.3. The molecule has 2 rings (SSSR count). The summed E-state index contributed by atoms with van der Waals surface area (Å²) in [6, 6.07) is 0.716. The molecule has 0 aromatic rings. The van der Waals surface area contributed by atoms with Crippen molar-refractivity contribution in [2.45, 2.75) is 65.8 Å². The van der Waals surface area contributed by atoms with E-state index >= 15 is 0 Å². The number of nitrogens with one attached hydrogen (secondary N) is 1. The van der Waals surface area contributed by atoms with E-state index in [1.807, 2.05) is 0 Å². The second-order valence-corrected chi connectivity index (χ2v) is 7.38. The molecule has 0 amide bonds. The minimum Gasteiger partial charge on any atom is -0.381 e. The molecule has 0 bridgehead atoms. The van der Waals surface area contributed by atoms with E-state index in [2.05, 4.69) is 33.0 Å². The fourth-order valence-electron chi connectivity index (χ4n) is 3.55. The van der Waals surface area contributed by atoms with Crippen molar-refractivity contribution in [3.8, 4) is 0 Å². The predicted octanol–water partition coefficient (Wildman–Crippen LogP) is 3.61. The molecule has 2 aliphatic rings. The summed E-state index contributed by atoms with van der Waals surface area (Å²) in [7, 11) is 0. The van der Waals surface area contributed by atoms with Gasteiger partial charge < -0.3 is 10.1 Å². The van der Waals surface area contributed by atoms with E-state index in [4.69, 9.17) is 4.74 Å². The zero-order valence-electron chi connectivity index (χ0n) is 12.7. The second kappa shape index (κ2) is 5.50. The molecule has 0 atom stereocenters. The Labute approximate surface area is 113 Å². The molecule has 0 aromatic carbocycles. The number of rotatable bonds is 6. The van der Waals surface area contributed by atoms with Gasteiger partial charge in [0, 0.05) is 19.3 Å². The van der Waals surface area contributed by atoms with Crippen molar-refractivity contribution < 1.29 is 4.74 Å². The van der Waals surface area contributed by atoms with Crippen LogP contribution >= 0.6 is 0 Å². The van der Waals surface area contributed by atoms with Crippen molar-refractivity contribution in [1.82, 2.24) is 5.32 Å². The van der Waals surface area contributed by atoms with Gasteiger partial charge in [0.2, 0.25) is 0 Å². The van der Waals surface area contributed by atoms with Crippen molar-refractivity contribution in [2.24, 2.45) is 16.7 Å². The summed E-state index contributed by atoms with van der Waals surface area (Å²) >= 11 is 0. The van der Waals surface area contributed by atoms with Crippen LogP contribution in [0.25, 0.3) is 0 Å². The van der Waals surface area contributed by atoms with Crippen molar-refractivity contribution in [3.63, 3.8) is 0 Å². The van der Waals surface area contributed by atoms with E-state index in [-0.39, 0.29) is 0 Å². The summed E-state index contributed by atoms with van der Waals surface area (Å²) in [5.74, 6) is 0.938. The summed E-state index contributed by atoms with van der Waals surface area (Å²) in [5, 5.41) is 3.75. The molecule has 2 heteroatoms. The molecule has 18 heavy (non-hydrogen) atoms. The quantitative estimate of drug-likeness (QED) is 0.730. The molecule has 1 saturated heterocycles. The van der Waals surface area contributed by atoms with Gasteiger partial charge in [0.1, 0.15) is 0 Å². The van der Waals surface area contributed by atoms with Gasteiger partial charge in [-0.05, 0) is 42.6 Å². The Morgan fingerprint density at radius 2 is 1.61 bits per heavy atom.